The molecule has 1 aromatic carbocycles. The van der Waals surface area contributed by atoms with Crippen LogP contribution in [0.4, 0.5) is 5.69 Å². The summed E-state index contributed by atoms with van der Waals surface area (Å²) in [6, 6.07) is 5.58. The van der Waals surface area contributed by atoms with Crippen LogP contribution in [-0.4, -0.2) is 36.9 Å². The minimum Gasteiger partial charge on any atom is -0.468 e. The van der Waals surface area contributed by atoms with Crippen molar-refractivity contribution in [1.29, 1.82) is 5.41 Å². The maximum absolute atomic E-state index is 11.6. The van der Waals surface area contributed by atoms with E-state index in [1.165, 1.54) is 36.3 Å². The number of hydrogen-bond donors (Lipinski definition) is 2. The molecule has 0 unspecified atom stereocenters. The highest BCUT2D eigenvalue weighted by atomic mass is 32.2. The SMILES string of the molecule is COC(=O)[C@H]1SC(=S)N(c2ccc(S(N)(=O)=O)cc2)C1=N. The largest absolute Gasteiger partial charge is 0.468 e. The van der Waals surface area contributed by atoms with E-state index in [4.69, 9.17) is 22.8 Å². The molecule has 112 valence electrons. The lowest BCUT2D eigenvalue weighted by Gasteiger charge is -2.17. The summed E-state index contributed by atoms with van der Waals surface area (Å²) in [7, 11) is -2.54. The molecule has 1 aliphatic heterocycles. The third kappa shape index (κ3) is 3.07. The molecule has 1 fully saturated rings. The van der Waals surface area contributed by atoms with Crippen LogP contribution in [0.2, 0.25) is 0 Å². The first-order chi connectivity index (χ1) is 9.75. The maximum atomic E-state index is 11.6. The van der Waals surface area contributed by atoms with Crippen molar-refractivity contribution in [2.75, 3.05) is 12.0 Å². The van der Waals surface area contributed by atoms with Gasteiger partial charge >= 0.3 is 5.97 Å². The number of thioether (sulfide) groups is 1. The summed E-state index contributed by atoms with van der Waals surface area (Å²) >= 11 is 6.18. The number of ether oxygens (including phenoxy) is 1. The van der Waals surface area contributed by atoms with Gasteiger partial charge in [-0.3, -0.25) is 15.1 Å². The van der Waals surface area contributed by atoms with Crippen LogP contribution in [0.15, 0.2) is 29.2 Å². The second-order valence-corrected chi connectivity index (χ2v) is 7.35. The van der Waals surface area contributed by atoms with Crippen LogP contribution in [0, 0.1) is 5.41 Å². The van der Waals surface area contributed by atoms with Gasteiger partial charge in [-0.15, -0.1) is 0 Å². The second kappa shape index (κ2) is 5.72. The molecule has 0 saturated carbocycles. The lowest BCUT2D eigenvalue weighted by molar-refractivity contribution is -0.138. The van der Waals surface area contributed by atoms with Gasteiger partial charge in [0.1, 0.15) is 10.2 Å². The van der Waals surface area contributed by atoms with E-state index in [0.717, 1.165) is 11.8 Å². The number of methoxy groups -OCH3 is 1. The molecular weight excluding hydrogens is 334 g/mol. The predicted octanol–water partition coefficient (Wildman–Crippen LogP) is 0.691. The second-order valence-electron chi connectivity index (χ2n) is 4.05. The summed E-state index contributed by atoms with van der Waals surface area (Å²) < 4.78 is 27.3. The minimum absolute atomic E-state index is 0.0276. The Morgan fingerprint density at radius 2 is 2.00 bits per heavy atom. The van der Waals surface area contributed by atoms with E-state index >= 15 is 0 Å². The van der Waals surface area contributed by atoms with Gasteiger partial charge in [0.25, 0.3) is 0 Å². The van der Waals surface area contributed by atoms with E-state index < -0.39 is 21.2 Å². The number of primary sulfonamides is 1. The Balaban J connectivity index is 2.32. The van der Waals surface area contributed by atoms with Crippen molar-refractivity contribution in [2.24, 2.45) is 5.14 Å². The van der Waals surface area contributed by atoms with Crippen LogP contribution in [0.1, 0.15) is 0 Å². The molecule has 0 spiro atoms. The van der Waals surface area contributed by atoms with Crippen molar-refractivity contribution >= 4 is 55.8 Å². The third-order valence-electron chi connectivity index (χ3n) is 2.73. The van der Waals surface area contributed by atoms with Crippen LogP contribution in [0.25, 0.3) is 0 Å². The predicted molar refractivity (Wildman–Crippen MR) is 84.0 cm³/mol. The summed E-state index contributed by atoms with van der Waals surface area (Å²) in [6.45, 7) is 0. The van der Waals surface area contributed by atoms with Crippen molar-refractivity contribution in [1.82, 2.24) is 0 Å². The van der Waals surface area contributed by atoms with E-state index in [2.05, 4.69) is 4.74 Å². The Labute approximate surface area is 131 Å². The summed E-state index contributed by atoms with van der Waals surface area (Å²) in [4.78, 5) is 12.9. The van der Waals surface area contributed by atoms with Crippen LogP contribution in [-0.2, 0) is 19.6 Å². The number of esters is 1. The topological polar surface area (TPSA) is 114 Å². The molecule has 1 aliphatic rings. The highest BCUT2D eigenvalue weighted by Gasteiger charge is 2.40. The standard InChI is InChI=1S/C11H11N3O4S3/c1-18-10(15)8-9(12)14(11(19)20-8)6-2-4-7(5-3-6)21(13,16)17/h2-5,8,12H,1H3,(H2,13,16,17)/t8-/m0/s1. The van der Waals surface area contributed by atoms with Crippen molar-refractivity contribution in [3.8, 4) is 0 Å². The normalized spacial score (nSPS) is 19.0. The van der Waals surface area contributed by atoms with E-state index in [-0.39, 0.29) is 10.7 Å². The number of nitrogens with zero attached hydrogens (tertiary/aromatic N) is 1. The molecule has 0 aliphatic carbocycles. The van der Waals surface area contributed by atoms with Gasteiger partial charge in [-0.05, 0) is 24.3 Å². The van der Waals surface area contributed by atoms with Gasteiger partial charge in [0.05, 0.1) is 12.0 Å². The number of amidine groups is 1. The summed E-state index contributed by atoms with van der Waals surface area (Å²) in [5.41, 5.74) is 0.483. The fourth-order valence-electron chi connectivity index (χ4n) is 1.72. The number of nitrogens with two attached hydrogens (primary N) is 1. The molecule has 0 aromatic heterocycles. The van der Waals surface area contributed by atoms with Gasteiger partial charge in [-0.25, -0.2) is 13.6 Å². The molecule has 1 atom stereocenters. The van der Waals surface area contributed by atoms with Crippen molar-refractivity contribution in [3.63, 3.8) is 0 Å². The third-order valence-corrected chi connectivity index (χ3v) is 5.17. The number of carbonyl (C=O) groups is 1. The Kier molecular flexibility index (Phi) is 4.33. The fraction of sp³-hybridized carbons (Fsp3) is 0.182. The highest BCUT2D eigenvalue weighted by Crippen LogP contribution is 2.33. The number of hydrogen-bond acceptors (Lipinski definition) is 7. The van der Waals surface area contributed by atoms with Crippen molar-refractivity contribution < 1.29 is 17.9 Å². The van der Waals surface area contributed by atoms with E-state index in [9.17, 15) is 13.2 Å². The zero-order valence-corrected chi connectivity index (χ0v) is 13.2. The smallest absolute Gasteiger partial charge is 0.327 e. The van der Waals surface area contributed by atoms with Gasteiger partial charge < -0.3 is 4.74 Å². The molecular formula is C11H11N3O4S3. The average Bonchev–Trinajstić information content (AvgIpc) is 2.72. The van der Waals surface area contributed by atoms with E-state index in [1.807, 2.05) is 0 Å². The van der Waals surface area contributed by atoms with Crippen molar-refractivity contribution in [3.05, 3.63) is 24.3 Å². The lowest BCUT2D eigenvalue weighted by Crippen LogP contribution is -2.34. The lowest BCUT2D eigenvalue weighted by atomic mass is 10.2. The average molecular weight is 345 g/mol. The molecule has 1 saturated heterocycles. The molecule has 0 bridgehead atoms. The number of thiocarbonyl (C=S) groups is 1. The Morgan fingerprint density at radius 1 is 1.43 bits per heavy atom. The fourth-order valence-corrected chi connectivity index (χ4v) is 3.65. The van der Waals surface area contributed by atoms with E-state index in [0.29, 0.717) is 10.0 Å². The van der Waals surface area contributed by atoms with Crippen LogP contribution in [0.5, 0.6) is 0 Å². The Morgan fingerprint density at radius 3 is 2.48 bits per heavy atom. The monoisotopic (exact) mass is 345 g/mol. The molecule has 1 heterocycles. The summed E-state index contributed by atoms with van der Waals surface area (Å²) in [5, 5.41) is 12.2. The molecule has 21 heavy (non-hydrogen) atoms. The number of sulfonamides is 1. The molecule has 1 aromatic rings. The molecule has 10 heteroatoms. The van der Waals surface area contributed by atoms with Gasteiger partial charge in [-0.2, -0.15) is 0 Å². The Bertz CT molecular complexity index is 715. The van der Waals surface area contributed by atoms with Gasteiger partial charge in [0.15, 0.2) is 5.25 Å². The number of anilines is 1. The summed E-state index contributed by atoms with van der Waals surface area (Å²) in [5.74, 6) is -0.587. The zero-order valence-electron chi connectivity index (χ0n) is 10.8. The van der Waals surface area contributed by atoms with Gasteiger partial charge in [0, 0.05) is 5.69 Å². The maximum Gasteiger partial charge on any atom is 0.327 e. The van der Waals surface area contributed by atoms with E-state index in [1.54, 1.807) is 0 Å². The minimum atomic E-state index is -3.78. The van der Waals surface area contributed by atoms with Gasteiger partial charge in [-0.1, -0.05) is 24.0 Å². The molecule has 0 amide bonds. The van der Waals surface area contributed by atoms with Crippen LogP contribution >= 0.6 is 24.0 Å². The highest BCUT2D eigenvalue weighted by molar-refractivity contribution is 8.25. The Hall–Kier alpha value is -1.49. The van der Waals surface area contributed by atoms with Crippen LogP contribution in [0.3, 0.4) is 0 Å². The number of nitrogens with one attached hydrogen (secondary N) is 1. The molecule has 0 radical (unpaired) electrons. The number of rotatable bonds is 3. The van der Waals surface area contributed by atoms with Crippen LogP contribution < -0.4 is 10.0 Å². The van der Waals surface area contributed by atoms with Gasteiger partial charge in [0.2, 0.25) is 10.0 Å². The number of carbonyl (C=O) groups excluding carboxylic acids is 1. The zero-order chi connectivity index (χ0) is 15.8. The first-order valence-electron chi connectivity index (χ1n) is 5.55. The molecule has 3 N–H and O–H groups in total. The quantitative estimate of drug-likeness (QED) is 0.612. The first-order valence-corrected chi connectivity index (χ1v) is 8.39. The van der Waals surface area contributed by atoms with Crippen molar-refractivity contribution in [2.45, 2.75) is 10.1 Å². The first kappa shape index (κ1) is 15.9. The number of benzene rings is 1. The molecule has 7 nitrogen and oxygen atoms in total. The molecule has 2 rings (SSSR count). The summed E-state index contributed by atoms with van der Waals surface area (Å²) in [6.07, 6.45) is 0.